The second kappa shape index (κ2) is 5.08. The number of nitrogens with zero attached hydrogens (tertiary/aromatic N) is 1. The fourth-order valence-corrected chi connectivity index (χ4v) is 2.17. The Morgan fingerprint density at radius 1 is 0.842 bits per heavy atom. The monoisotopic (exact) mass is 288 g/mol. The van der Waals surface area contributed by atoms with Crippen LogP contribution in [0.15, 0.2) is 54.7 Å². The minimum Gasteiger partial charge on any atom is -0.344 e. The molecule has 0 aliphatic rings. The van der Waals surface area contributed by atoms with Gasteiger partial charge in [-0.2, -0.15) is 0 Å². The van der Waals surface area contributed by atoms with Crippen molar-refractivity contribution < 1.29 is 0 Å². The van der Waals surface area contributed by atoms with Crippen LogP contribution in [0.4, 0.5) is 0 Å². The molecule has 0 unspecified atom stereocenters. The standard InChI is InChI=1S/C15H10Cl2N2/c16-12-7-6-11(8-13(12)17)14-9-18-15(19-14)10-4-2-1-3-5-10/h1-9H,(H,18,19). The molecular weight excluding hydrogens is 279 g/mol. The van der Waals surface area contributed by atoms with Gasteiger partial charge >= 0.3 is 0 Å². The lowest BCUT2D eigenvalue weighted by Gasteiger charge is -1.99. The second-order valence-electron chi connectivity index (χ2n) is 4.13. The number of rotatable bonds is 2. The Hall–Kier alpha value is -1.77. The molecule has 94 valence electrons. The van der Waals surface area contributed by atoms with Crippen molar-refractivity contribution >= 4 is 23.2 Å². The van der Waals surface area contributed by atoms with E-state index in [9.17, 15) is 0 Å². The van der Waals surface area contributed by atoms with E-state index in [-0.39, 0.29) is 0 Å². The summed E-state index contributed by atoms with van der Waals surface area (Å²) in [6, 6.07) is 15.5. The van der Waals surface area contributed by atoms with Crippen molar-refractivity contribution in [2.24, 2.45) is 0 Å². The summed E-state index contributed by atoms with van der Waals surface area (Å²) in [4.78, 5) is 7.73. The lowest BCUT2D eigenvalue weighted by molar-refractivity contribution is 1.31. The highest BCUT2D eigenvalue weighted by atomic mass is 35.5. The molecular formula is C15H10Cl2N2. The summed E-state index contributed by atoms with van der Waals surface area (Å²) >= 11 is 11.9. The number of hydrogen-bond donors (Lipinski definition) is 1. The van der Waals surface area contributed by atoms with E-state index in [1.807, 2.05) is 48.7 Å². The van der Waals surface area contributed by atoms with Crippen LogP contribution in [0.5, 0.6) is 0 Å². The number of nitrogens with one attached hydrogen (secondary N) is 1. The van der Waals surface area contributed by atoms with Gasteiger partial charge in [-0.1, -0.05) is 59.6 Å². The molecule has 4 heteroatoms. The predicted molar refractivity (Wildman–Crippen MR) is 79.5 cm³/mol. The maximum absolute atomic E-state index is 6.02. The van der Waals surface area contributed by atoms with Crippen LogP contribution in [0.25, 0.3) is 22.6 Å². The largest absolute Gasteiger partial charge is 0.344 e. The van der Waals surface area contributed by atoms with Crippen LogP contribution >= 0.6 is 23.2 Å². The van der Waals surface area contributed by atoms with Gasteiger partial charge in [-0.05, 0) is 12.1 Å². The zero-order valence-electron chi connectivity index (χ0n) is 9.90. The van der Waals surface area contributed by atoms with E-state index in [2.05, 4.69) is 9.97 Å². The molecule has 0 amide bonds. The summed E-state index contributed by atoms with van der Waals surface area (Å²) in [6.07, 6.45) is 1.86. The van der Waals surface area contributed by atoms with Gasteiger partial charge in [0, 0.05) is 17.3 Å². The Morgan fingerprint density at radius 3 is 2.37 bits per heavy atom. The number of aromatic amines is 1. The maximum atomic E-state index is 6.02. The average molecular weight is 289 g/mol. The van der Waals surface area contributed by atoms with Crippen LogP contribution in [0.1, 0.15) is 0 Å². The van der Waals surface area contributed by atoms with Crippen molar-refractivity contribution in [3.63, 3.8) is 0 Å². The summed E-state index contributed by atoms with van der Waals surface area (Å²) in [7, 11) is 0. The molecule has 2 aromatic carbocycles. The Labute approximate surface area is 121 Å². The van der Waals surface area contributed by atoms with Gasteiger partial charge in [0.1, 0.15) is 5.82 Å². The molecule has 1 heterocycles. The van der Waals surface area contributed by atoms with Crippen LogP contribution in [0.3, 0.4) is 0 Å². The Morgan fingerprint density at radius 2 is 1.63 bits per heavy atom. The van der Waals surface area contributed by atoms with Crippen molar-refractivity contribution in [3.05, 3.63) is 64.8 Å². The number of imidazole rings is 1. The summed E-state index contributed by atoms with van der Waals surface area (Å²) in [5, 5.41) is 1.08. The third kappa shape index (κ3) is 2.50. The van der Waals surface area contributed by atoms with Crippen LogP contribution in [-0.4, -0.2) is 9.97 Å². The quantitative estimate of drug-likeness (QED) is 0.702. The van der Waals surface area contributed by atoms with Crippen LogP contribution in [0, 0.1) is 0 Å². The Balaban J connectivity index is 1.99. The number of H-pyrrole nitrogens is 1. The molecule has 0 aliphatic heterocycles. The molecule has 0 spiro atoms. The smallest absolute Gasteiger partial charge is 0.138 e. The van der Waals surface area contributed by atoms with E-state index in [0.29, 0.717) is 10.0 Å². The second-order valence-corrected chi connectivity index (χ2v) is 4.94. The van der Waals surface area contributed by atoms with Gasteiger partial charge in [0.25, 0.3) is 0 Å². The molecule has 19 heavy (non-hydrogen) atoms. The van der Waals surface area contributed by atoms with Gasteiger partial charge in [0.2, 0.25) is 0 Å². The van der Waals surface area contributed by atoms with Crippen molar-refractivity contribution in [3.8, 4) is 22.6 Å². The highest BCUT2D eigenvalue weighted by Crippen LogP contribution is 2.28. The summed E-state index contributed by atoms with van der Waals surface area (Å²) < 4.78 is 0. The molecule has 0 atom stereocenters. The maximum Gasteiger partial charge on any atom is 0.138 e. The average Bonchev–Trinajstić information content (AvgIpc) is 2.93. The van der Waals surface area contributed by atoms with E-state index in [4.69, 9.17) is 23.2 Å². The lowest BCUT2D eigenvalue weighted by atomic mass is 10.2. The minimum atomic E-state index is 0.531. The summed E-state index contributed by atoms with van der Waals surface area (Å²) in [6.45, 7) is 0. The number of benzene rings is 2. The van der Waals surface area contributed by atoms with Crippen LogP contribution in [-0.2, 0) is 0 Å². The molecule has 1 N–H and O–H groups in total. The topological polar surface area (TPSA) is 28.7 Å². The molecule has 0 bridgehead atoms. The van der Waals surface area contributed by atoms with Gasteiger partial charge < -0.3 is 4.98 Å². The molecule has 0 saturated carbocycles. The van der Waals surface area contributed by atoms with Gasteiger partial charge in [0.05, 0.1) is 15.7 Å². The molecule has 0 aliphatic carbocycles. The zero-order valence-corrected chi connectivity index (χ0v) is 11.4. The first-order valence-electron chi connectivity index (χ1n) is 5.80. The molecule has 2 nitrogen and oxygen atoms in total. The van der Waals surface area contributed by atoms with Crippen LogP contribution < -0.4 is 0 Å². The highest BCUT2D eigenvalue weighted by molar-refractivity contribution is 6.42. The highest BCUT2D eigenvalue weighted by Gasteiger charge is 2.07. The molecule has 0 saturated heterocycles. The first-order chi connectivity index (χ1) is 9.24. The third-order valence-corrected chi connectivity index (χ3v) is 3.58. The van der Waals surface area contributed by atoms with Crippen molar-refractivity contribution in [2.45, 2.75) is 0 Å². The molecule has 3 aromatic rings. The fourth-order valence-electron chi connectivity index (χ4n) is 1.87. The number of hydrogen-bond acceptors (Lipinski definition) is 1. The predicted octanol–water partition coefficient (Wildman–Crippen LogP) is 5.05. The minimum absolute atomic E-state index is 0.531. The van der Waals surface area contributed by atoms with E-state index in [1.165, 1.54) is 0 Å². The first kappa shape index (κ1) is 12.3. The van der Waals surface area contributed by atoms with E-state index >= 15 is 0 Å². The van der Waals surface area contributed by atoms with E-state index in [0.717, 1.165) is 22.6 Å². The van der Waals surface area contributed by atoms with Gasteiger partial charge in [-0.15, -0.1) is 0 Å². The van der Waals surface area contributed by atoms with Crippen molar-refractivity contribution in [1.29, 1.82) is 0 Å². The molecule has 3 rings (SSSR count). The summed E-state index contributed by atoms with van der Waals surface area (Å²) in [5.74, 6) is 0.835. The van der Waals surface area contributed by atoms with Crippen molar-refractivity contribution in [2.75, 3.05) is 0 Å². The van der Waals surface area contributed by atoms with Crippen molar-refractivity contribution in [1.82, 2.24) is 9.97 Å². The van der Waals surface area contributed by atoms with E-state index < -0.39 is 0 Å². The number of halogens is 2. The number of aromatic nitrogens is 2. The SMILES string of the molecule is Clc1ccc(-c2c[nH]c(-c3ccccc3)n2)cc1Cl. The first-order valence-corrected chi connectivity index (χ1v) is 6.56. The van der Waals surface area contributed by atoms with Gasteiger partial charge in [-0.3, -0.25) is 0 Å². The normalized spacial score (nSPS) is 10.6. The van der Waals surface area contributed by atoms with Gasteiger partial charge in [-0.25, -0.2) is 4.98 Å². The fraction of sp³-hybridized carbons (Fsp3) is 0. The summed E-state index contributed by atoms with van der Waals surface area (Å²) in [5.41, 5.74) is 2.83. The zero-order chi connectivity index (χ0) is 13.2. The van der Waals surface area contributed by atoms with E-state index in [1.54, 1.807) is 6.07 Å². The third-order valence-electron chi connectivity index (χ3n) is 2.84. The lowest BCUT2D eigenvalue weighted by Crippen LogP contribution is -1.81. The van der Waals surface area contributed by atoms with Gasteiger partial charge in [0.15, 0.2) is 0 Å². The Bertz CT molecular complexity index is 705. The Kier molecular flexibility index (Phi) is 3.28. The molecule has 1 aromatic heterocycles. The van der Waals surface area contributed by atoms with Crippen LogP contribution in [0.2, 0.25) is 10.0 Å². The molecule has 0 fully saturated rings. The molecule has 0 radical (unpaired) electrons.